The van der Waals surface area contributed by atoms with Crippen LogP contribution in [-0.4, -0.2) is 18.5 Å². The molecule has 1 unspecified atom stereocenters. The summed E-state index contributed by atoms with van der Waals surface area (Å²) >= 11 is 0. The zero-order valence-corrected chi connectivity index (χ0v) is 12.0. The molecule has 106 valence electrons. The lowest BCUT2D eigenvalue weighted by Gasteiger charge is -2.27. The Morgan fingerprint density at radius 3 is 2.35 bits per heavy atom. The third-order valence-corrected chi connectivity index (χ3v) is 3.60. The molecule has 2 aromatic rings. The molecule has 1 atom stereocenters. The zero-order valence-electron chi connectivity index (χ0n) is 12.0. The molecule has 0 saturated carbocycles. The van der Waals surface area contributed by atoms with Gasteiger partial charge in [0.25, 0.3) is 0 Å². The predicted molar refractivity (Wildman–Crippen MR) is 80.8 cm³/mol. The van der Waals surface area contributed by atoms with Crippen molar-refractivity contribution in [2.24, 2.45) is 5.73 Å². The van der Waals surface area contributed by atoms with Crippen LogP contribution in [0.4, 0.5) is 4.39 Å². The average molecular weight is 272 g/mol. The van der Waals surface area contributed by atoms with Gasteiger partial charge in [0.1, 0.15) is 5.82 Å². The quantitative estimate of drug-likeness (QED) is 0.905. The Hall–Kier alpha value is -1.71. The second-order valence-electron chi connectivity index (χ2n) is 5.17. The second-order valence-corrected chi connectivity index (χ2v) is 5.17. The molecule has 0 aliphatic carbocycles. The fraction of sp³-hybridized carbons (Fsp3) is 0.294. The predicted octanol–water partition coefficient (Wildman–Crippen LogP) is 3.27. The van der Waals surface area contributed by atoms with Crippen LogP contribution in [0.15, 0.2) is 48.5 Å². The fourth-order valence-corrected chi connectivity index (χ4v) is 2.36. The van der Waals surface area contributed by atoms with Gasteiger partial charge in [0.05, 0.1) is 0 Å². The SMILES string of the molecule is Cc1ccc(C(CN)N(C)Cc2ccccc2F)cc1. The van der Waals surface area contributed by atoms with Crippen molar-refractivity contribution in [3.63, 3.8) is 0 Å². The molecule has 2 N–H and O–H groups in total. The van der Waals surface area contributed by atoms with Crippen LogP contribution in [0.25, 0.3) is 0 Å². The molecule has 0 amide bonds. The maximum atomic E-state index is 13.7. The number of likely N-dealkylation sites (N-methyl/N-ethyl adjacent to an activating group) is 1. The summed E-state index contributed by atoms with van der Waals surface area (Å²) in [5.74, 6) is -0.168. The standard InChI is InChI=1S/C17H21FN2/c1-13-7-9-14(10-8-13)17(11-19)20(2)12-15-5-3-4-6-16(15)18/h3-10,17H,11-12,19H2,1-2H3. The van der Waals surface area contributed by atoms with E-state index in [0.29, 0.717) is 18.7 Å². The number of nitrogens with zero attached hydrogens (tertiary/aromatic N) is 1. The van der Waals surface area contributed by atoms with Crippen LogP contribution in [0.3, 0.4) is 0 Å². The zero-order chi connectivity index (χ0) is 14.5. The molecule has 0 spiro atoms. The van der Waals surface area contributed by atoms with E-state index < -0.39 is 0 Å². The molecule has 0 aliphatic rings. The van der Waals surface area contributed by atoms with E-state index in [4.69, 9.17) is 5.73 Å². The lowest BCUT2D eigenvalue weighted by molar-refractivity contribution is 0.238. The van der Waals surface area contributed by atoms with Gasteiger partial charge in [0, 0.05) is 24.7 Å². The number of aryl methyl sites for hydroxylation is 1. The van der Waals surface area contributed by atoms with Crippen molar-refractivity contribution in [3.8, 4) is 0 Å². The molecule has 0 aromatic heterocycles. The van der Waals surface area contributed by atoms with Crippen molar-refractivity contribution in [3.05, 3.63) is 71.0 Å². The highest BCUT2D eigenvalue weighted by atomic mass is 19.1. The van der Waals surface area contributed by atoms with E-state index in [9.17, 15) is 4.39 Å². The summed E-state index contributed by atoms with van der Waals surface area (Å²) in [5, 5.41) is 0. The van der Waals surface area contributed by atoms with Crippen molar-refractivity contribution in [1.82, 2.24) is 4.90 Å². The monoisotopic (exact) mass is 272 g/mol. The van der Waals surface area contributed by atoms with Crippen molar-refractivity contribution in [1.29, 1.82) is 0 Å². The highest BCUT2D eigenvalue weighted by Crippen LogP contribution is 2.21. The lowest BCUT2D eigenvalue weighted by Crippen LogP contribution is -2.30. The van der Waals surface area contributed by atoms with Gasteiger partial charge in [0.2, 0.25) is 0 Å². The number of nitrogens with two attached hydrogens (primary N) is 1. The molecule has 2 rings (SSSR count). The molecule has 0 radical (unpaired) electrons. The highest BCUT2D eigenvalue weighted by Gasteiger charge is 2.16. The summed E-state index contributed by atoms with van der Waals surface area (Å²) < 4.78 is 13.7. The van der Waals surface area contributed by atoms with Crippen LogP contribution in [0.5, 0.6) is 0 Å². The molecular formula is C17H21FN2. The molecular weight excluding hydrogens is 251 g/mol. The summed E-state index contributed by atoms with van der Waals surface area (Å²) in [4.78, 5) is 2.09. The van der Waals surface area contributed by atoms with Gasteiger partial charge < -0.3 is 5.73 Å². The van der Waals surface area contributed by atoms with E-state index in [-0.39, 0.29) is 11.9 Å². The van der Waals surface area contributed by atoms with E-state index >= 15 is 0 Å². The number of hydrogen-bond donors (Lipinski definition) is 1. The normalized spacial score (nSPS) is 12.7. The van der Waals surface area contributed by atoms with Gasteiger partial charge in [-0.15, -0.1) is 0 Å². The smallest absolute Gasteiger partial charge is 0.127 e. The minimum atomic E-state index is -0.168. The summed E-state index contributed by atoms with van der Waals surface area (Å²) in [5.41, 5.74) is 8.98. The van der Waals surface area contributed by atoms with Crippen LogP contribution in [-0.2, 0) is 6.54 Å². The first-order valence-electron chi connectivity index (χ1n) is 6.82. The van der Waals surface area contributed by atoms with Crippen LogP contribution < -0.4 is 5.73 Å². The highest BCUT2D eigenvalue weighted by molar-refractivity contribution is 5.25. The number of halogens is 1. The van der Waals surface area contributed by atoms with Gasteiger partial charge in [-0.1, -0.05) is 48.0 Å². The summed E-state index contributed by atoms with van der Waals surface area (Å²) in [7, 11) is 1.98. The molecule has 3 heteroatoms. The minimum Gasteiger partial charge on any atom is -0.329 e. The Morgan fingerprint density at radius 2 is 1.75 bits per heavy atom. The largest absolute Gasteiger partial charge is 0.329 e. The van der Waals surface area contributed by atoms with Crippen LogP contribution in [0.1, 0.15) is 22.7 Å². The van der Waals surface area contributed by atoms with E-state index in [2.05, 4.69) is 36.1 Å². The van der Waals surface area contributed by atoms with Crippen LogP contribution in [0.2, 0.25) is 0 Å². The van der Waals surface area contributed by atoms with E-state index in [1.807, 2.05) is 19.2 Å². The van der Waals surface area contributed by atoms with E-state index in [0.717, 1.165) is 5.56 Å². The third kappa shape index (κ3) is 3.44. The molecule has 0 saturated heterocycles. The number of hydrogen-bond acceptors (Lipinski definition) is 2. The Morgan fingerprint density at radius 1 is 1.10 bits per heavy atom. The molecule has 20 heavy (non-hydrogen) atoms. The first-order chi connectivity index (χ1) is 9.61. The summed E-state index contributed by atoms with van der Waals surface area (Å²) in [6.07, 6.45) is 0. The first-order valence-corrected chi connectivity index (χ1v) is 6.82. The number of benzene rings is 2. The minimum absolute atomic E-state index is 0.0928. The molecule has 2 nitrogen and oxygen atoms in total. The van der Waals surface area contributed by atoms with Gasteiger partial charge in [-0.25, -0.2) is 4.39 Å². The maximum absolute atomic E-state index is 13.7. The first kappa shape index (κ1) is 14.7. The Bertz CT molecular complexity index is 551. The third-order valence-electron chi connectivity index (χ3n) is 3.60. The van der Waals surface area contributed by atoms with Crippen molar-refractivity contribution >= 4 is 0 Å². The van der Waals surface area contributed by atoms with Gasteiger partial charge in [-0.05, 0) is 25.6 Å². The topological polar surface area (TPSA) is 29.3 Å². The summed E-state index contributed by atoms with van der Waals surface area (Å²) in [6, 6.07) is 15.3. The fourth-order valence-electron chi connectivity index (χ4n) is 2.36. The molecule has 0 heterocycles. The second kappa shape index (κ2) is 6.64. The Balaban J connectivity index is 2.15. The molecule has 0 aliphatic heterocycles. The number of rotatable bonds is 5. The van der Waals surface area contributed by atoms with Gasteiger partial charge in [-0.3, -0.25) is 4.90 Å². The van der Waals surface area contributed by atoms with Crippen LogP contribution in [0, 0.1) is 12.7 Å². The van der Waals surface area contributed by atoms with Crippen LogP contribution >= 0.6 is 0 Å². The molecule has 0 bridgehead atoms. The van der Waals surface area contributed by atoms with E-state index in [1.165, 1.54) is 11.6 Å². The maximum Gasteiger partial charge on any atom is 0.127 e. The Labute approximate surface area is 120 Å². The van der Waals surface area contributed by atoms with Crippen molar-refractivity contribution < 1.29 is 4.39 Å². The van der Waals surface area contributed by atoms with Gasteiger partial charge >= 0.3 is 0 Å². The molecule has 2 aromatic carbocycles. The van der Waals surface area contributed by atoms with Crippen molar-refractivity contribution in [2.45, 2.75) is 19.5 Å². The van der Waals surface area contributed by atoms with Gasteiger partial charge in [-0.2, -0.15) is 0 Å². The van der Waals surface area contributed by atoms with Crippen molar-refractivity contribution in [2.75, 3.05) is 13.6 Å². The average Bonchev–Trinajstić information content (AvgIpc) is 2.44. The Kier molecular flexibility index (Phi) is 4.88. The molecule has 0 fully saturated rings. The van der Waals surface area contributed by atoms with Gasteiger partial charge in [0.15, 0.2) is 0 Å². The summed E-state index contributed by atoms with van der Waals surface area (Å²) in [6.45, 7) is 3.11. The van der Waals surface area contributed by atoms with E-state index in [1.54, 1.807) is 6.07 Å². The lowest BCUT2D eigenvalue weighted by atomic mass is 10.0.